The van der Waals surface area contributed by atoms with Crippen molar-refractivity contribution in [1.82, 2.24) is 4.90 Å². The third-order valence-corrected chi connectivity index (χ3v) is 3.43. The molecule has 0 aromatic carbocycles. The molecule has 3 unspecified atom stereocenters. The van der Waals surface area contributed by atoms with Crippen LogP contribution in [-0.4, -0.2) is 56.0 Å². The van der Waals surface area contributed by atoms with Crippen molar-refractivity contribution in [3.63, 3.8) is 0 Å². The number of likely N-dealkylation sites (N-methyl/N-ethyl adjacent to an activating group) is 1. The molecule has 4 N–H and O–H groups in total. The molecule has 2 saturated heterocycles. The van der Waals surface area contributed by atoms with Crippen LogP contribution in [0.25, 0.3) is 0 Å². The number of piperidine rings is 1. The molecule has 2 bridgehead atoms. The zero-order chi connectivity index (χ0) is 9.85. The van der Waals surface area contributed by atoms with Gasteiger partial charge in [-0.25, -0.2) is 0 Å². The second-order valence-corrected chi connectivity index (χ2v) is 4.10. The number of nitrogens with zero attached hydrogens (tertiary/aromatic N) is 1. The van der Waals surface area contributed by atoms with Crippen LogP contribution < -0.4 is 0 Å². The van der Waals surface area contributed by atoms with Gasteiger partial charge < -0.3 is 20.4 Å². The molecule has 5 heteroatoms. The van der Waals surface area contributed by atoms with Crippen molar-refractivity contribution in [2.45, 2.75) is 42.9 Å². The lowest BCUT2D eigenvalue weighted by molar-refractivity contribution is -0.324. The smallest absolute Gasteiger partial charge is 0.211 e. The topological polar surface area (TPSA) is 84.2 Å². The molecule has 5 nitrogen and oxygen atoms in total. The van der Waals surface area contributed by atoms with Gasteiger partial charge in [0.25, 0.3) is 0 Å². The molecule has 2 fully saturated rings. The van der Waals surface area contributed by atoms with Crippen LogP contribution in [-0.2, 0) is 0 Å². The van der Waals surface area contributed by atoms with Gasteiger partial charge in [0.15, 0.2) is 5.72 Å². The van der Waals surface area contributed by atoms with E-state index in [4.69, 9.17) is 0 Å². The van der Waals surface area contributed by atoms with Crippen LogP contribution in [0.4, 0.5) is 0 Å². The predicted octanol–water partition coefficient (Wildman–Crippen LogP) is -1.79. The number of aliphatic hydroxyl groups is 4. The molecular weight excluding hydrogens is 174 g/mol. The van der Waals surface area contributed by atoms with Gasteiger partial charge in [-0.15, -0.1) is 0 Å². The quantitative estimate of drug-likeness (QED) is 0.338. The lowest BCUT2D eigenvalue weighted by atomic mass is 9.94. The summed E-state index contributed by atoms with van der Waals surface area (Å²) in [6.07, 6.45) is 0.0973. The minimum absolute atomic E-state index is 0.0524. The van der Waals surface area contributed by atoms with Crippen LogP contribution in [0.3, 0.4) is 0 Å². The number of rotatable bonds is 0. The first-order valence-corrected chi connectivity index (χ1v) is 4.48. The molecule has 2 aliphatic heterocycles. The molecule has 76 valence electrons. The lowest BCUT2D eigenvalue weighted by Crippen LogP contribution is -2.66. The summed E-state index contributed by atoms with van der Waals surface area (Å²) < 4.78 is 0. The zero-order valence-corrected chi connectivity index (χ0v) is 7.51. The molecule has 0 aromatic heterocycles. The van der Waals surface area contributed by atoms with E-state index in [-0.39, 0.29) is 12.5 Å². The lowest BCUT2D eigenvalue weighted by Gasteiger charge is -2.44. The van der Waals surface area contributed by atoms with Crippen LogP contribution in [0, 0.1) is 0 Å². The average Bonchev–Trinajstić information content (AvgIpc) is 2.15. The fourth-order valence-corrected chi connectivity index (χ4v) is 2.53. The molecule has 0 radical (unpaired) electrons. The molecule has 0 saturated carbocycles. The normalized spacial score (nSPS) is 49.6. The van der Waals surface area contributed by atoms with E-state index in [1.54, 1.807) is 7.05 Å². The Kier molecular flexibility index (Phi) is 1.75. The number of hydrogen-bond donors (Lipinski definition) is 4. The highest BCUT2D eigenvalue weighted by Gasteiger charge is 2.65. The molecule has 13 heavy (non-hydrogen) atoms. The highest BCUT2D eigenvalue weighted by molar-refractivity contribution is 5.09. The zero-order valence-electron chi connectivity index (χ0n) is 7.51. The van der Waals surface area contributed by atoms with Crippen molar-refractivity contribution < 1.29 is 20.4 Å². The van der Waals surface area contributed by atoms with Crippen molar-refractivity contribution in [3.05, 3.63) is 0 Å². The van der Waals surface area contributed by atoms with Crippen molar-refractivity contribution >= 4 is 0 Å². The Balaban J connectivity index is 2.42. The molecule has 2 heterocycles. The highest BCUT2D eigenvalue weighted by atomic mass is 16.5. The molecule has 2 aliphatic rings. The average molecular weight is 189 g/mol. The summed E-state index contributed by atoms with van der Waals surface area (Å²) in [7, 11) is 1.60. The van der Waals surface area contributed by atoms with Crippen molar-refractivity contribution in [1.29, 1.82) is 0 Å². The highest BCUT2D eigenvalue weighted by Crippen LogP contribution is 2.46. The van der Waals surface area contributed by atoms with Gasteiger partial charge in [-0.05, 0) is 19.9 Å². The van der Waals surface area contributed by atoms with Crippen LogP contribution >= 0.6 is 0 Å². The Morgan fingerprint density at radius 1 is 1.23 bits per heavy atom. The Hall–Kier alpha value is -0.200. The molecule has 0 aromatic rings. The molecule has 0 amide bonds. The van der Waals surface area contributed by atoms with Crippen LogP contribution in [0.5, 0.6) is 0 Å². The fourth-order valence-electron chi connectivity index (χ4n) is 2.53. The summed E-state index contributed by atoms with van der Waals surface area (Å²) in [6.45, 7) is 0. The van der Waals surface area contributed by atoms with Gasteiger partial charge in [0.05, 0.1) is 0 Å². The Morgan fingerprint density at radius 2 is 1.85 bits per heavy atom. The molecule has 2 rings (SSSR count). The first-order chi connectivity index (χ1) is 5.89. The maximum absolute atomic E-state index is 9.96. The van der Waals surface area contributed by atoms with E-state index in [9.17, 15) is 20.4 Å². The second-order valence-electron chi connectivity index (χ2n) is 4.10. The minimum Gasteiger partial charge on any atom is -0.388 e. The summed E-state index contributed by atoms with van der Waals surface area (Å²) in [5.74, 6) is -2.19. The van der Waals surface area contributed by atoms with Gasteiger partial charge in [0, 0.05) is 12.5 Å². The Morgan fingerprint density at radius 3 is 2.38 bits per heavy atom. The minimum atomic E-state index is -2.19. The first kappa shape index (κ1) is 9.36. The Labute approximate surface area is 76.2 Å². The Bertz CT molecular complexity index is 232. The fraction of sp³-hybridized carbons (Fsp3) is 1.00. The summed E-state index contributed by atoms with van der Waals surface area (Å²) in [5.41, 5.74) is -1.89. The third-order valence-electron chi connectivity index (χ3n) is 3.43. The predicted molar refractivity (Wildman–Crippen MR) is 43.5 cm³/mol. The summed E-state index contributed by atoms with van der Waals surface area (Å²) in [6, 6.07) is -0.0524. The van der Waals surface area contributed by atoms with E-state index >= 15 is 0 Å². The maximum atomic E-state index is 9.96. The van der Waals surface area contributed by atoms with Gasteiger partial charge >= 0.3 is 0 Å². The van der Waals surface area contributed by atoms with Crippen LogP contribution in [0.1, 0.15) is 19.3 Å². The van der Waals surface area contributed by atoms with E-state index in [2.05, 4.69) is 0 Å². The summed E-state index contributed by atoms with van der Waals surface area (Å²) >= 11 is 0. The van der Waals surface area contributed by atoms with Crippen molar-refractivity contribution in [2.75, 3.05) is 7.05 Å². The molecule has 0 spiro atoms. The second kappa shape index (κ2) is 2.43. The number of aliphatic hydroxyl groups excluding tert-OH is 1. The van der Waals surface area contributed by atoms with Crippen LogP contribution in [0.15, 0.2) is 0 Å². The summed E-state index contributed by atoms with van der Waals surface area (Å²) in [5, 5.41) is 38.6. The first-order valence-electron chi connectivity index (χ1n) is 4.48. The van der Waals surface area contributed by atoms with Gasteiger partial charge in [-0.2, -0.15) is 0 Å². The van der Waals surface area contributed by atoms with E-state index < -0.39 is 17.6 Å². The SMILES string of the molecule is CN1C2CCC(O)C1(O)C(O)(O)C2. The summed E-state index contributed by atoms with van der Waals surface area (Å²) in [4.78, 5) is 1.46. The van der Waals surface area contributed by atoms with E-state index in [0.717, 1.165) is 0 Å². The van der Waals surface area contributed by atoms with Crippen LogP contribution in [0.2, 0.25) is 0 Å². The number of hydrogen-bond acceptors (Lipinski definition) is 5. The van der Waals surface area contributed by atoms with Gasteiger partial charge in [-0.3, -0.25) is 4.90 Å². The standard InChI is InChI=1S/C8H15NO4/c1-9-5-2-3-6(10)8(9,13)7(11,12)4-5/h5-6,10-13H,2-4H2,1H3. The number of fused-ring (bicyclic) bond motifs is 2. The molecule has 3 atom stereocenters. The van der Waals surface area contributed by atoms with Gasteiger partial charge in [-0.1, -0.05) is 0 Å². The van der Waals surface area contributed by atoms with Crippen molar-refractivity contribution in [3.8, 4) is 0 Å². The van der Waals surface area contributed by atoms with E-state index in [0.29, 0.717) is 12.8 Å². The largest absolute Gasteiger partial charge is 0.388 e. The van der Waals surface area contributed by atoms with Gasteiger partial charge in [0.2, 0.25) is 5.79 Å². The molecular formula is C8H15NO4. The van der Waals surface area contributed by atoms with E-state index in [1.165, 1.54) is 4.90 Å². The van der Waals surface area contributed by atoms with E-state index in [1.807, 2.05) is 0 Å². The maximum Gasteiger partial charge on any atom is 0.211 e. The molecule has 0 aliphatic carbocycles. The third kappa shape index (κ3) is 0.936. The van der Waals surface area contributed by atoms with Crippen molar-refractivity contribution in [2.24, 2.45) is 0 Å². The monoisotopic (exact) mass is 189 g/mol. The van der Waals surface area contributed by atoms with Gasteiger partial charge in [0.1, 0.15) is 6.10 Å².